The molecule has 0 spiro atoms. The van der Waals surface area contributed by atoms with Crippen molar-refractivity contribution >= 4 is 5.91 Å². The highest BCUT2D eigenvalue weighted by molar-refractivity contribution is 5.97. The third-order valence-electron chi connectivity index (χ3n) is 3.62. The lowest BCUT2D eigenvalue weighted by atomic mass is 10.1. The Kier molecular flexibility index (Phi) is 3.24. The Morgan fingerprint density at radius 1 is 1.41 bits per heavy atom. The average Bonchev–Trinajstić information content (AvgIpc) is 2.84. The fourth-order valence-corrected chi connectivity index (χ4v) is 2.54. The van der Waals surface area contributed by atoms with Gasteiger partial charge in [-0.15, -0.1) is 0 Å². The zero-order valence-corrected chi connectivity index (χ0v) is 10.6. The third-order valence-corrected chi connectivity index (χ3v) is 3.62. The van der Waals surface area contributed by atoms with Crippen LogP contribution in [0.2, 0.25) is 0 Å². The van der Waals surface area contributed by atoms with Crippen molar-refractivity contribution in [3.05, 3.63) is 22.6 Å². The molecule has 1 atom stereocenters. The number of likely N-dealkylation sites (tertiary alicyclic amines) is 1. The van der Waals surface area contributed by atoms with Crippen molar-refractivity contribution in [3.8, 4) is 0 Å². The number of amides is 1. The first-order valence-corrected chi connectivity index (χ1v) is 6.04. The largest absolute Gasteiger partial charge is 0.466 e. The molecule has 2 heterocycles. The summed E-state index contributed by atoms with van der Waals surface area (Å²) in [6.07, 6.45) is 1.85. The number of aryl methyl sites for hydroxylation is 2. The summed E-state index contributed by atoms with van der Waals surface area (Å²) in [7, 11) is 0. The van der Waals surface area contributed by atoms with Crippen LogP contribution in [0.4, 0.5) is 0 Å². The van der Waals surface area contributed by atoms with Gasteiger partial charge < -0.3 is 14.4 Å². The predicted octanol–water partition coefficient (Wildman–Crippen LogP) is 1.80. The van der Waals surface area contributed by atoms with Gasteiger partial charge in [-0.05, 0) is 33.6 Å². The zero-order valence-electron chi connectivity index (χ0n) is 10.6. The van der Waals surface area contributed by atoms with Crippen molar-refractivity contribution in [1.82, 2.24) is 4.90 Å². The molecule has 0 unspecified atom stereocenters. The molecular formula is C13H19NO3. The molecule has 1 aliphatic rings. The lowest BCUT2D eigenvalue weighted by Crippen LogP contribution is -2.38. The minimum Gasteiger partial charge on any atom is -0.466 e. The fraction of sp³-hybridized carbons (Fsp3) is 0.615. The molecule has 1 N–H and O–H groups in total. The molecule has 4 nitrogen and oxygen atoms in total. The second kappa shape index (κ2) is 4.53. The Labute approximate surface area is 101 Å². The van der Waals surface area contributed by atoms with Crippen molar-refractivity contribution in [2.24, 2.45) is 0 Å². The van der Waals surface area contributed by atoms with Gasteiger partial charge in [-0.3, -0.25) is 4.79 Å². The van der Waals surface area contributed by atoms with Gasteiger partial charge in [0.25, 0.3) is 5.91 Å². The van der Waals surface area contributed by atoms with Gasteiger partial charge in [0.05, 0.1) is 18.2 Å². The van der Waals surface area contributed by atoms with Crippen LogP contribution < -0.4 is 0 Å². The van der Waals surface area contributed by atoms with Gasteiger partial charge in [0, 0.05) is 12.1 Å². The number of carbonyl (C=O) groups is 1. The average molecular weight is 237 g/mol. The Morgan fingerprint density at radius 3 is 2.65 bits per heavy atom. The number of carbonyl (C=O) groups excluding carboxylic acids is 1. The Morgan fingerprint density at radius 2 is 2.12 bits per heavy atom. The standard InChI is InChI=1S/C13H19NO3/c1-8-9(2)17-10(3)12(8)13(16)14-6-4-5-11(14)7-15/h11,15H,4-7H2,1-3H3/t11-/m1/s1. The summed E-state index contributed by atoms with van der Waals surface area (Å²) in [4.78, 5) is 14.2. The molecule has 0 saturated carbocycles. The van der Waals surface area contributed by atoms with Crippen LogP contribution in [-0.4, -0.2) is 35.1 Å². The first-order chi connectivity index (χ1) is 8.06. The molecule has 94 valence electrons. The Hall–Kier alpha value is -1.29. The van der Waals surface area contributed by atoms with Gasteiger partial charge in [-0.25, -0.2) is 0 Å². The smallest absolute Gasteiger partial charge is 0.258 e. The van der Waals surface area contributed by atoms with Crippen molar-refractivity contribution in [2.75, 3.05) is 13.2 Å². The molecule has 0 aliphatic carbocycles. The highest BCUT2D eigenvalue weighted by Gasteiger charge is 2.31. The molecule has 0 aromatic carbocycles. The third kappa shape index (κ3) is 1.97. The van der Waals surface area contributed by atoms with Crippen molar-refractivity contribution in [1.29, 1.82) is 0 Å². The second-order valence-corrected chi connectivity index (χ2v) is 4.69. The molecule has 1 saturated heterocycles. The maximum Gasteiger partial charge on any atom is 0.258 e. The van der Waals surface area contributed by atoms with E-state index in [2.05, 4.69) is 0 Å². The number of furan rings is 1. The maximum atomic E-state index is 12.4. The van der Waals surface area contributed by atoms with Crippen molar-refractivity contribution in [3.63, 3.8) is 0 Å². The van der Waals surface area contributed by atoms with E-state index in [9.17, 15) is 9.90 Å². The molecule has 0 bridgehead atoms. The fourth-order valence-electron chi connectivity index (χ4n) is 2.54. The molecule has 1 fully saturated rings. The summed E-state index contributed by atoms with van der Waals surface area (Å²) >= 11 is 0. The monoisotopic (exact) mass is 237 g/mol. The molecule has 2 rings (SSSR count). The van der Waals surface area contributed by atoms with E-state index in [-0.39, 0.29) is 18.6 Å². The molecule has 0 radical (unpaired) electrons. The first-order valence-electron chi connectivity index (χ1n) is 6.04. The first kappa shape index (κ1) is 12.2. The zero-order chi connectivity index (χ0) is 12.6. The second-order valence-electron chi connectivity index (χ2n) is 4.69. The van der Waals surface area contributed by atoms with Crippen LogP contribution >= 0.6 is 0 Å². The summed E-state index contributed by atoms with van der Waals surface area (Å²) in [5, 5.41) is 9.26. The molecular weight excluding hydrogens is 218 g/mol. The lowest BCUT2D eigenvalue weighted by molar-refractivity contribution is 0.0675. The number of aliphatic hydroxyl groups is 1. The maximum absolute atomic E-state index is 12.4. The highest BCUT2D eigenvalue weighted by atomic mass is 16.3. The van der Waals surface area contributed by atoms with Gasteiger partial charge in [0.2, 0.25) is 0 Å². The number of nitrogens with zero attached hydrogens (tertiary/aromatic N) is 1. The van der Waals surface area contributed by atoms with Crippen LogP contribution in [0.5, 0.6) is 0 Å². The summed E-state index contributed by atoms with van der Waals surface area (Å²) in [6.45, 7) is 6.36. The van der Waals surface area contributed by atoms with Crippen LogP contribution in [-0.2, 0) is 0 Å². The number of rotatable bonds is 2. The Bertz CT molecular complexity index is 436. The highest BCUT2D eigenvalue weighted by Crippen LogP contribution is 2.26. The summed E-state index contributed by atoms with van der Waals surface area (Å²) in [5.74, 6) is 1.47. The van der Waals surface area contributed by atoms with Crippen LogP contribution in [0.1, 0.15) is 40.3 Å². The van der Waals surface area contributed by atoms with E-state index < -0.39 is 0 Å². The van der Waals surface area contributed by atoms with Crippen LogP contribution in [0, 0.1) is 20.8 Å². The van der Waals surface area contributed by atoms with E-state index in [4.69, 9.17) is 4.42 Å². The Balaban J connectivity index is 2.31. The minimum atomic E-state index is -0.0310. The van der Waals surface area contributed by atoms with Gasteiger partial charge in [0.1, 0.15) is 11.5 Å². The van der Waals surface area contributed by atoms with Crippen molar-refractivity contribution in [2.45, 2.75) is 39.7 Å². The SMILES string of the molecule is Cc1oc(C)c(C(=O)N2CCC[C@@H]2CO)c1C. The van der Waals surface area contributed by atoms with Crippen LogP contribution in [0.25, 0.3) is 0 Å². The topological polar surface area (TPSA) is 53.7 Å². The van der Waals surface area contributed by atoms with E-state index in [1.807, 2.05) is 20.8 Å². The molecule has 1 aromatic rings. The van der Waals surface area contributed by atoms with Gasteiger partial charge in [-0.1, -0.05) is 0 Å². The predicted molar refractivity (Wildman–Crippen MR) is 64.1 cm³/mol. The molecule has 1 aliphatic heterocycles. The molecule has 4 heteroatoms. The molecule has 1 aromatic heterocycles. The quantitative estimate of drug-likeness (QED) is 0.853. The molecule has 17 heavy (non-hydrogen) atoms. The summed E-state index contributed by atoms with van der Waals surface area (Å²) in [5.41, 5.74) is 1.58. The van der Waals surface area contributed by atoms with E-state index in [1.165, 1.54) is 0 Å². The van der Waals surface area contributed by atoms with Gasteiger partial charge in [-0.2, -0.15) is 0 Å². The molecule has 1 amide bonds. The lowest BCUT2D eigenvalue weighted by Gasteiger charge is -2.23. The van der Waals surface area contributed by atoms with E-state index >= 15 is 0 Å². The van der Waals surface area contributed by atoms with Gasteiger partial charge in [0.15, 0.2) is 0 Å². The van der Waals surface area contributed by atoms with E-state index in [0.29, 0.717) is 11.3 Å². The normalized spacial score (nSPS) is 20.0. The van der Waals surface area contributed by atoms with Crippen LogP contribution in [0.3, 0.4) is 0 Å². The summed E-state index contributed by atoms with van der Waals surface area (Å²) < 4.78 is 5.48. The summed E-state index contributed by atoms with van der Waals surface area (Å²) in [6, 6.07) is -0.0310. The number of hydrogen-bond acceptors (Lipinski definition) is 3. The van der Waals surface area contributed by atoms with E-state index in [1.54, 1.807) is 4.90 Å². The van der Waals surface area contributed by atoms with Crippen LogP contribution in [0.15, 0.2) is 4.42 Å². The van der Waals surface area contributed by atoms with Crippen molar-refractivity contribution < 1.29 is 14.3 Å². The van der Waals surface area contributed by atoms with Gasteiger partial charge >= 0.3 is 0 Å². The van der Waals surface area contributed by atoms with E-state index in [0.717, 1.165) is 30.7 Å². The minimum absolute atomic E-state index is 0.00611. The number of hydrogen-bond donors (Lipinski definition) is 1. The number of aliphatic hydroxyl groups excluding tert-OH is 1.